The van der Waals surface area contributed by atoms with Crippen LogP contribution >= 0.6 is 0 Å². The number of anilines is 1. The SMILES string of the molecule is CCN1CCCC1CNC(=O)c1cccc2c1OCCN2. The lowest BCUT2D eigenvalue weighted by Crippen LogP contribution is -2.40. The van der Waals surface area contributed by atoms with Gasteiger partial charge in [-0.05, 0) is 38.1 Å². The van der Waals surface area contributed by atoms with Gasteiger partial charge in [-0.3, -0.25) is 9.69 Å². The van der Waals surface area contributed by atoms with Crippen molar-refractivity contribution in [3.05, 3.63) is 23.8 Å². The molecule has 2 aliphatic rings. The van der Waals surface area contributed by atoms with Gasteiger partial charge in [-0.15, -0.1) is 0 Å². The number of fused-ring (bicyclic) bond motifs is 1. The van der Waals surface area contributed by atoms with E-state index in [0.717, 1.165) is 25.3 Å². The Balaban J connectivity index is 1.66. The summed E-state index contributed by atoms with van der Waals surface area (Å²) in [4.78, 5) is 14.9. The van der Waals surface area contributed by atoms with E-state index in [4.69, 9.17) is 4.74 Å². The number of nitrogens with zero attached hydrogens (tertiary/aromatic N) is 1. The van der Waals surface area contributed by atoms with E-state index in [-0.39, 0.29) is 5.91 Å². The van der Waals surface area contributed by atoms with Crippen molar-refractivity contribution in [3.63, 3.8) is 0 Å². The Morgan fingerprint density at radius 2 is 2.43 bits per heavy atom. The van der Waals surface area contributed by atoms with Gasteiger partial charge in [0.25, 0.3) is 5.91 Å². The largest absolute Gasteiger partial charge is 0.489 e. The van der Waals surface area contributed by atoms with Gasteiger partial charge in [0.05, 0.1) is 11.3 Å². The Labute approximate surface area is 125 Å². The molecule has 2 N–H and O–H groups in total. The first-order chi connectivity index (χ1) is 10.3. The highest BCUT2D eigenvalue weighted by molar-refractivity contribution is 5.99. The third kappa shape index (κ3) is 2.97. The van der Waals surface area contributed by atoms with Crippen molar-refractivity contribution in [2.24, 2.45) is 0 Å². The van der Waals surface area contributed by atoms with Crippen LogP contribution < -0.4 is 15.4 Å². The maximum Gasteiger partial charge on any atom is 0.255 e. The molecule has 1 amide bonds. The van der Waals surface area contributed by atoms with Gasteiger partial charge in [0, 0.05) is 19.1 Å². The molecule has 0 saturated carbocycles. The molecule has 1 atom stereocenters. The fraction of sp³-hybridized carbons (Fsp3) is 0.562. The molecule has 0 spiro atoms. The molecule has 5 nitrogen and oxygen atoms in total. The van der Waals surface area contributed by atoms with E-state index in [1.165, 1.54) is 12.8 Å². The summed E-state index contributed by atoms with van der Waals surface area (Å²) in [6.45, 7) is 6.46. The summed E-state index contributed by atoms with van der Waals surface area (Å²) in [6, 6.07) is 6.13. The molecule has 1 aromatic carbocycles. The Kier molecular flexibility index (Phi) is 4.29. The number of ether oxygens (including phenoxy) is 1. The zero-order chi connectivity index (χ0) is 14.7. The van der Waals surface area contributed by atoms with Crippen molar-refractivity contribution in [1.82, 2.24) is 10.2 Å². The highest BCUT2D eigenvalue weighted by Gasteiger charge is 2.24. The Hall–Kier alpha value is -1.75. The van der Waals surface area contributed by atoms with E-state index >= 15 is 0 Å². The van der Waals surface area contributed by atoms with Crippen LogP contribution in [0.15, 0.2) is 18.2 Å². The normalized spacial score (nSPS) is 21.3. The first-order valence-corrected chi connectivity index (χ1v) is 7.81. The summed E-state index contributed by atoms with van der Waals surface area (Å²) in [5, 5.41) is 6.32. The molecule has 1 saturated heterocycles. The number of carbonyl (C=O) groups is 1. The molecule has 114 valence electrons. The maximum absolute atomic E-state index is 12.4. The second kappa shape index (κ2) is 6.35. The molecule has 0 bridgehead atoms. The van der Waals surface area contributed by atoms with Gasteiger partial charge in [0.15, 0.2) is 5.75 Å². The molecule has 0 aromatic heterocycles. The van der Waals surface area contributed by atoms with Gasteiger partial charge in [-0.1, -0.05) is 13.0 Å². The second-order valence-electron chi connectivity index (χ2n) is 5.59. The van der Waals surface area contributed by atoms with Crippen LogP contribution in [0.5, 0.6) is 5.75 Å². The minimum atomic E-state index is -0.0431. The Morgan fingerprint density at radius 1 is 1.52 bits per heavy atom. The monoisotopic (exact) mass is 289 g/mol. The minimum absolute atomic E-state index is 0.0431. The van der Waals surface area contributed by atoms with E-state index in [2.05, 4.69) is 22.5 Å². The molecule has 2 aliphatic heterocycles. The predicted octanol–water partition coefficient (Wildman–Crippen LogP) is 1.70. The molecule has 3 rings (SSSR count). The number of benzene rings is 1. The second-order valence-corrected chi connectivity index (χ2v) is 5.59. The molecule has 2 heterocycles. The number of likely N-dealkylation sites (tertiary alicyclic amines) is 1. The quantitative estimate of drug-likeness (QED) is 0.886. The van der Waals surface area contributed by atoms with Gasteiger partial charge in [-0.25, -0.2) is 0 Å². The van der Waals surface area contributed by atoms with Gasteiger partial charge < -0.3 is 15.4 Å². The zero-order valence-corrected chi connectivity index (χ0v) is 12.5. The minimum Gasteiger partial charge on any atom is -0.489 e. The van der Waals surface area contributed by atoms with Crippen LogP contribution in [0.4, 0.5) is 5.69 Å². The number of carbonyl (C=O) groups excluding carboxylic acids is 1. The summed E-state index contributed by atoms with van der Waals surface area (Å²) in [6.07, 6.45) is 2.39. The van der Waals surface area contributed by atoms with E-state index < -0.39 is 0 Å². The lowest BCUT2D eigenvalue weighted by atomic mass is 10.1. The Bertz CT molecular complexity index is 518. The third-order valence-electron chi connectivity index (χ3n) is 4.33. The smallest absolute Gasteiger partial charge is 0.255 e. The molecule has 0 radical (unpaired) electrons. The maximum atomic E-state index is 12.4. The fourth-order valence-corrected chi connectivity index (χ4v) is 3.20. The predicted molar refractivity (Wildman–Crippen MR) is 83.0 cm³/mol. The van der Waals surface area contributed by atoms with Crippen LogP contribution in [0, 0.1) is 0 Å². The van der Waals surface area contributed by atoms with Gasteiger partial charge in [-0.2, -0.15) is 0 Å². The highest BCUT2D eigenvalue weighted by atomic mass is 16.5. The van der Waals surface area contributed by atoms with Crippen LogP contribution in [0.2, 0.25) is 0 Å². The van der Waals surface area contributed by atoms with Crippen molar-refractivity contribution in [2.45, 2.75) is 25.8 Å². The van der Waals surface area contributed by atoms with Crippen LogP contribution in [0.1, 0.15) is 30.1 Å². The fourth-order valence-electron chi connectivity index (χ4n) is 3.20. The van der Waals surface area contributed by atoms with E-state index in [0.29, 0.717) is 30.5 Å². The van der Waals surface area contributed by atoms with Gasteiger partial charge in [0.2, 0.25) is 0 Å². The zero-order valence-electron chi connectivity index (χ0n) is 12.5. The summed E-state index contributed by atoms with van der Waals surface area (Å²) >= 11 is 0. The Morgan fingerprint density at radius 3 is 3.29 bits per heavy atom. The molecule has 1 fully saturated rings. The van der Waals surface area contributed by atoms with Crippen LogP contribution in [0.25, 0.3) is 0 Å². The van der Waals surface area contributed by atoms with E-state index in [1.54, 1.807) is 0 Å². The van der Waals surface area contributed by atoms with E-state index in [9.17, 15) is 4.79 Å². The van der Waals surface area contributed by atoms with Gasteiger partial charge >= 0.3 is 0 Å². The number of hydrogen-bond acceptors (Lipinski definition) is 4. The van der Waals surface area contributed by atoms with Crippen LogP contribution in [-0.4, -0.2) is 49.6 Å². The number of likely N-dealkylation sites (N-methyl/N-ethyl adjacent to an activating group) is 1. The summed E-state index contributed by atoms with van der Waals surface area (Å²) < 4.78 is 5.66. The van der Waals surface area contributed by atoms with Crippen molar-refractivity contribution in [1.29, 1.82) is 0 Å². The molecule has 1 unspecified atom stereocenters. The van der Waals surface area contributed by atoms with Crippen LogP contribution in [-0.2, 0) is 0 Å². The van der Waals surface area contributed by atoms with Crippen LogP contribution in [0.3, 0.4) is 0 Å². The molecule has 1 aromatic rings. The first kappa shape index (κ1) is 14.2. The van der Waals surface area contributed by atoms with Gasteiger partial charge in [0.1, 0.15) is 6.61 Å². The third-order valence-corrected chi connectivity index (χ3v) is 4.33. The lowest BCUT2D eigenvalue weighted by Gasteiger charge is -2.24. The van der Waals surface area contributed by atoms with Crippen molar-refractivity contribution >= 4 is 11.6 Å². The lowest BCUT2D eigenvalue weighted by molar-refractivity contribution is 0.0937. The highest BCUT2D eigenvalue weighted by Crippen LogP contribution is 2.31. The first-order valence-electron chi connectivity index (χ1n) is 7.81. The number of amides is 1. The number of nitrogens with one attached hydrogen (secondary N) is 2. The van der Waals surface area contributed by atoms with E-state index in [1.807, 2.05) is 18.2 Å². The molecule has 21 heavy (non-hydrogen) atoms. The average molecular weight is 289 g/mol. The summed E-state index contributed by atoms with van der Waals surface area (Å²) in [5.41, 5.74) is 1.53. The molecule has 0 aliphatic carbocycles. The standard InChI is InChI=1S/C16H23N3O2/c1-2-19-9-4-5-12(19)11-18-16(20)13-6-3-7-14-15(13)21-10-8-17-14/h3,6-7,12,17H,2,4-5,8-11H2,1H3,(H,18,20). The topological polar surface area (TPSA) is 53.6 Å². The molecule has 5 heteroatoms. The van der Waals surface area contributed by atoms with Crippen molar-refractivity contribution in [2.75, 3.05) is 38.1 Å². The number of hydrogen-bond donors (Lipinski definition) is 2. The molecular formula is C16H23N3O2. The van der Waals surface area contributed by atoms with Crippen molar-refractivity contribution in [3.8, 4) is 5.75 Å². The molecular weight excluding hydrogens is 266 g/mol. The number of para-hydroxylation sites is 1. The summed E-state index contributed by atoms with van der Waals surface area (Å²) in [5.74, 6) is 0.638. The summed E-state index contributed by atoms with van der Waals surface area (Å²) in [7, 11) is 0. The average Bonchev–Trinajstić information content (AvgIpc) is 2.99. The number of rotatable bonds is 4. The van der Waals surface area contributed by atoms with Crippen molar-refractivity contribution < 1.29 is 9.53 Å².